The molecule has 140 valence electrons. The quantitative estimate of drug-likeness (QED) is 0.657. The Morgan fingerprint density at radius 1 is 1.15 bits per heavy atom. The Kier molecular flexibility index (Phi) is 5.23. The van der Waals surface area contributed by atoms with Crippen LogP contribution in [0.15, 0.2) is 54.0 Å². The first-order valence-electron chi connectivity index (χ1n) is 9.39. The van der Waals surface area contributed by atoms with Gasteiger partial charge in [-0.05, 0) is 50.0 Å². The number of likely N-dealkylation sites (tertiary alicyclic amines) is 1. The molecular formula is C22H25N3OS. The highest BCUT2D eigenvalue weighted by atomic mass is 32.1. The molecule has 0 saturated carbocycles. The maximum absolute atomic E-state index is 5.26. The van der Waals surface area contributed by atoms with Crippen LogP contribution in [0.5, 0.6) is 5.88 Å². The summed E-state index contributed by atoms with van der Waals surface area (Å²) in [6.07, 6.45) is 4.00. The van der Waals surface area contributed by atoms with Gasteiger partial charge in [-0.1, -0.05) is 30.3 Å². The molecule has 0 atom stereocenters. The number of piperidine rings is 1. The van der Waals surface area contributed by atoms with E-state index in [-0.39, 0.29) is 5.41 Å². The van der Waals surface area contributed by atoms with Gasteiger partial charge in [0.25, 0.3) is 0 Å². The van der Waals surface area contributed by atoms with Crippen LogP contribution >= 0.6 is 11.3 Å². The van der Waals surface area contributed by atoms with E-state index >= 15 is 0 Å². The van der Waals surface area contributed by atoms with Crippen LogP contribution in [0.2, 0.25) is 0 Å². The number of thiazole rings is 1. The lowest BCUT2D eigenvalue weighted by molar-refractivity contribution is 0.170. The number of rotatable bonds is 5. The second-order valence-corrected chi connectivity index (χ2v) is 8.24. The highest BCUT2D eigenvalue weighted by Gasteiger charge is 2.39. The van der Waals surface area contributed by atoms with Gasteiger partial charge in [0.2, 0.25) is 5.88 Å². The summed E-state index contributed by atoms with van der Waals surface area (Å²) in [5.41, 5.74) is 3.90. The summed E-state index contributed by atoms with van der Waals surface area (Å²) < 4.78 is 5.26. The molecule has 1 fully saturated rings. The Balaban J connectivity index is 1.55. The number of ether oxygens (including phenoxy) is 1. The first-order chi connectivity index (χ1) is 13.2. The van der Waals surface area contributed by atoms with Gasteiger partial charge in [0.05, 0.1) is 17.8 Å². The molecule has 3 aromatic rings. The monoisotopic (exact) mass is 379 g/mol. The Morgan fingerprint density at radius 2 is 1.93 bits per heavy atom. The van der Waals surface area contributed by atoms with Crippen LogP contribution in [0.1, 0.15) is 34.7 Å². The van der Waals surface area contributed by atoms with Crippen molar-refractivity contribution in [3.8, 4) is 5.88 Å². The fraction of sp³-hybridized carbons (Fsp3) is 0.364. The van der Waals surface area contributed by atoms with Gasteiger partial charge in [0.1, 0.15) is 0 Å². The molecule has 1 aromatic carbocycles. The van der Waals surface area contributed by atoms with Crippen molar-refractivity contribution >= 4 is 11.3 Å². The summed E-state index contributed by atoms with van der Waals surface area (Å²) in [5.74, 6) is 0.682. The van der Waals surface area contributed by atoms with Crippen molar-refractivity contribution in [2.45, 2.75) is 31.7 Å². The molecule has 0 bridgehead atoms. The van der Waals surface area contributed by atoms with Crippen molar-refractivity contribution < 1.29 is 4.74 Å². The lowest BCUT2D eigenvalue weighted by atomic mass is 9.70. The average Bonchev–Trinajstić information content (AvgIpc) is 3.16. The van der Waals surface area contributed by atoms with Crippen LogP contribution in [-0.4, -0.2) is 35.1 Å². The standard InChI is InChI=1S/C22H25N3OS/c1-17-24-20(16-27-17)22(19-6-4-3-5-7-19)9-12-25(13-10-22)15-18-8-11-23-21(14-18)26-2/h3-8,11,14,16H,9-10,12-13,15H2,1-2H3. The van der Waals surface area contributed by atoms with Crippen LogP contribution in [0, 0.1) is 6.92 Å². The van der Waals surface area contributed by atoms with Gasteiger partial charge in [0, 0.05) is 29.6 Å². The minimum absolute atomic E-state index is 0.0262. The number of methoxy groups -OCH3 is 1. The van der Waals surface area contributed by atoms with Gasteiger partial charge < -0.3 is 4.74 Å². The van der Waals surface area contributed by atoms with Crippen molar-refractivity contribution in [2.75, 3.05) is 20.2 Å². The zero-order valence-electron chi connectivity index (χ0n) is 15.9. The lowest BCUT2D eigenvalue weighted by Gasteiger charge is -2.41. The predicted octanol–water partition coefficient (Wildman–Crippen LogP) is 4.44. The summed E-state index contributed by atoms with van der Waals surface area (Å²) in [6.45, 7) is 5.13. The summed E-state index contributed by atoms with van der Waals surface area (Å²) in [4.78, 5) is 11.6. The normalized spacial score (nSPS) is 17.0. The third-order valence-electron chi connectivity index (χ3n) is 5.56. The molecule has 0 radical (unpaired) electrons. The minimum atomic E-state index is 0.0262. The summed E-state index contributed by atoms with van der Waals surface area (Å²) in [6, 6.07) is 15.0. The third-order valence-corrected chi connectivity index (χ3v) is 6.33. The topological polar surface area (TPSA) is 38.2 Å². The van der Waals surface area contributed by atoms with Crippen LogP contribution in [0.25, 0.3) is 0 Å². The van der Waals surface area contributed by atoms with Crippen molar-refractivity contribution in [3.05, 3.63) is 75.9 Å². The molecule has 1 aliphatic heterocycles. The van der Waals surface area contributed by atoms with E-state index in [1.165, 1.54) is 16.8 Å². The Labute approximate surface area is 164 Å². The molecule has 0 aliphatic carbocycles. The van der Waals surface area contributed by atoms with Gasteiger partial charge in [0.15, 0.2) is 0 Å². The summed E-state index contributed by atoms with van der Waals surface area (Å²) in [7, 11) is 1.66. The fourth-order valence-corrected chi connectivity index (χ4v) is 4.76. The molecule has 4 nitrogen and oxygen atoms in total. The maximum Gasteiger partial charge on any atom is 0.213 e. The fourth-order valence-electron chi connectivity index (χ4n) is 4.04. The molecule has 27 heavy (non-hydrogen) atoms. The van der Waals surface area contributed by atoms with E-state index in [1.807, 2.05) is 12.3 Å². The number of hydrogen-bond acceptors (Lipinski definition) is 5. The average molecular weight is 380 g/mol. The van der Waals surface area contributed by atoms with E-state index in [4.69, 9.17) is 9.72 Å². The van der Waals surface area contributed by atoms with Crippen LogP contribution < -0.4 is 4.74 Å². The van der Waals surface area contributed by atoms with E-state index in [9.17, 15) is 0 Å². The van der Waals surface area contributed by atoms with Crippen LogP contribution in [0.4, 0.5) is 0 Å². The maximum atomic E-state index is 5.26. The van der Waals surface area contributed by atoms with Crippen molar-refractivity contribution in [1.82, 2.24) is 14.9 Å². The first-order valence-corrected chi connectivity index (χ1v) is 10.3. The molecule has 2 aromatic heterocycles. The molecule has 0 N–H and O–H groups in total. The zero-order valence-corrected chi connectivity index (χ0v) is 16.7. The minimum Gasteiger partial charge on any atom is -0.481 e. The van der Waals surface area contributed by atoms with Crippen LogP contribution in [0.3, 0.4) is 0 Å². The summed E-state index contributed by atoms with van der Waals surface area (Å²) in [5, 5.41) is 3.40. The molecule has 0 spiro atoms. The highest BCUT2D eigenvalue weighted by Crippen LogP contribution is 2.42. The van der Waals surface area contributed by atoms with Gasteiger partial charge in [-0.3, -0.25) is 4.90 Å². The molecule has 3 heterocycles. The molecular weight excluding hydrogens is 354 g/mol. The molecule has 0 amide bonds. The van der Waals surface area contributed by atoms with Crippen molar-refractivity contribution in [2.24, 2.45) is 0 Å². The second kappa shape index (κ2) is 7.79. The van der Waals surface area contributed by atoms with Gasteiger partial charge in [-0.25, -0.2) is 9.97 Å². The number of benzene rings is 1. The van der Waals surface area contributed by atoms with E-state index in [2.05, 4.69) is 58.6 Å². The molecule has 5 heteroatoms. The molecule has 1 saturated heterocycles. The van der Waals surface area contributed by atoms with E-state index in [1.54, 1.807) is 18.4 Å². The SMILES string of the molecule is COc1cc(CN2CCC(c3ccccc3)(c3csc(C)n3)CC2)ccn1. The summed E-state index contributed by atoms with van der Waals surface area (Å²) >= 11 is 1.75. The molecule has 0 unspecified atom stereocenters. The zero-order chi connectivity index (χ0) is 18.7. The Bertz CT molecular complexity index is 885. The number of pyridine rings is 1. The van der Waals surface area contributed by atoms with Crippen molar-refractivity contribution in [3.63, 3.8) is 0 Å². The number of nitrogens with zero attached hydrogens (tertiary/aromatic N) is 3. The predicted molar refractivity (Wildman–Crippen MR) is 109 cm³/mol. The van der Waals surface area contributed by atoms with Crippen molar-refractivity contribution in [1.29, 1.82) is 0 Å². The van der Waals surface area contributed by atoms with E-state index < -0.39 is 0 Å². The van der Waals surface area contributed by atoms with Gasteiger partial charge in [-0.2, -0.15) is 0 Å². The Morgan fingerprint density at radius 3 is 2.59 bits per heavy atom. The van der Waals surface area contributed by atoms with E-state index in [0.717, 1.165) is 37.5 Å². The molecule has 1 aliphatic rings. The highest BCUT2D eigenvalue weighted by molar-refractivity contribution is 7.09. The largest absolute Gasteiger partial charge is 0.481 e. The first kappa shape index (κ1) is 18.1. The molecule has 4 rings (SSSR count). The Hall–Kier alpha value is -2.24. The lowest BCUT2D eigenvalue weighted by Crippen LogP contribution is -2.43. The van der Waals surface area contributed by atoms with E-state index in [0.29, 0.717) is 5.88 Å². The smallest absolute Gasteiger partial charge is 0.213 e. The number of aromatic nitrogens is 2. The third kappa shape index (κ3) is 3.75. The van der Waals surface area contributed by atoms with Gasteiger partial charge in [-0.15, -0.1) is 11.3 Å². The van der Waals surface area contributed by atoms with Crippen LogP contribution in [-0.2, 0) is 12.0 Å². The number of hydrogen-bond donors (Lipinski definition) is 0. The van der Waals surface area contributed by atoms with Gasteiger partial charge >= 0.3 is 0 Å². The number of aryl methyl sites for hydroxylation is 1. The second-order valence-electron chi connectivity index (χ2n) is 7.18.